The van der Waals surface area contributed by atoms with Gasteiger partial charge in [-0.15, -0.1) is 0 Å². The molecule has 12 heteroatoms. The third kappa shape index (κ3) is 28.5. The summed E-state index contributed by atoms with van der Waals surface area (Å²) in [7, 11) is 0. The number of carbonyl (C=O) groups excluding carboxylic acids is 2. The maximum absolute atomic E-state index is 12.1. The molecule has 0 saturated carbocycles. The molecule has 220 valence electrons. The van der Waals surface area contributed by atoms with Gasteiger partial charge in [0.05, 0.1) is 10.9 Å². The number of benzene rings is 2. The van der Waals surface area contributed by atoms with E-state index in [4.69, 9.17) is 28.9 Å². The van der Waals surface area contributed by atoms with Crippen molar-refractivity contribution in [3.8, 4) is 0 Å². The van der Waals surface area contributed by atoms with E-state index >= 15 is 0 Å². The number of nitrogens with two attached hydrogens (primary N) is 1. The van der Waals surface area contributed by atoms with Gasteiger partial charge in [-0.25, -0.2) is 0 Å². The predicted octanol–water partition coefficient (Wildman–Crippen LogP) is 7.90. The Kier molecular flexibility index (Phi) is 29.3. The number of nitrogens with one attached hydrogen (secondary N) is 1. The molecule has 2 aromatic carbocycles. The van der Waals surface area contributed by atoms with Gasteiger partial charge in [0.2, 0.25) is 0 Å². The van der Waals surface area contributed by atoms with Crippen LogP contribution in [-0.2, 0) is 0 Å². The second kappa shape index (κ2) is 24.8. The number of halogens is 8. The van der Waals surface area contributed by atoms with Crippen molar-refractivity contribution in [2.45, 2.75) is 77.3 Å². The number of carbonyl (C=O) groups is 2. The minimum atomic E-state index is -0.210. The van der Waals surface area contributed by atoms with Crippen molar-refractivity contribution < 1.29 is 22.8 Å². The zero-order chi connectivity index (χ0) is 30.7. The molecule has 2 aromatic rings. The molecule has 0 radical (unpaired) electrons. The van der Waals surface area contributed by atoms with Crippen LogP contribution in [0.3, 0.4) is 0 Å². The summed E-state index contributed by atoms with van der Waals surface area (Å²) in [5.41, 5.74) is 6.57. The first kappa shape index (κ1) is 44.8. The van der Waals surface area contributed by atoms with Gasteiger partial charge < -0.3 is 11.1 Å². The molecule has 4 nitrogen and oxygen atoms in total. The third-order valence-electron chi connectivity index (χ3n) is 3.62. The van der Waals surface area contributed by atoms with E-state index in [0.717, 1.165) is 0 Å². The van der Waals surface area contributed by atoms with Gasteiger partial charge in [0.1, 0.15) is 0 Å². The van der Waals surface area contributed by atoms with Gasteiger partial charge in [-0.2, -0.15) is 0 Å². The molecule has 2 unspecified atom stereocenters. The van der Waals surface area contributed by atoms with Gasteiger partial charge in [-0.05, 0) is 79.7 Å². The van der Waals surface area contributed by atoms with E-state index in [2.05, 4.69) is 95.7 Å². The van der Waals surface area contributed by atoms with Crippen LogP contribution in [0.4, 0.5) is 0 Å². The summed E-state index contributed by atoms with van der Waals surface area (Å²) in [4.78, 5) is 23.3. The molecule has 0 aliphatic carbocycles. The molecule has 0 aliphatic rings. The molecule has 0 spiro atoms. The van der Waals surface area contributed by atoms with Crippen molar-refractivity contribution >= 4 is 125 Å². The summed E-state index contributed by atoms with van der Waals surface area (Å²) in [6.07, 6.45) is 0. The molecule has 2 atom stereocenters. The molecule has 0 heterocycles. The summed E-state index contributed by atoms with van der Waals surface area (Å²) in [5, 5.41) is 4.43. The van der Waals surface area contributed by atoms with Crippen LogP contribution in [0.5, 0.6) is 0 Å². The van der Waals surface area contributed by atoms with Crippen molar-refractivity contribution in [1.82, 2.24) is 5.32 Å². The van der Waals surface area contributed by atoms with E-state index in [9.17, 15) is 9.59 Å². The fourth-order valence-corrected chi connectivity index (χ4v) is 3.12. The van der Waals surface area contributed by atoms with Gasteiger partial charge in [-0.3, -0.25) is 9.59 Å². The van der Waals surface area contributed by atoms with E-state index in [0.29, 0.717) is 34.4 Å². The van der Waals surface area contributed by atoms with Gasteiger partial charge >= 0.3 is 50.5 Å². The van der Waals surface area contributed by atoms with E-state index in [1.807, 2.05) is 48.5 Å². The summed E-state index contributed by atoms with van der Waals surface area (Å²) >= 11 is 24.3. The van der Waals surface area contributed by atoms with E-state index in [-0.39, 0.29) is 33.5 Å². The number of alkyl halides is 1. The molecule has 0 amide bonds. The molecule has 0 bridgehead atoms. The number of Topliss-reactive ketones (excluding diaryl/α,β-unsaturated/α-hetero) is 2. The van der Waals surface area contributed by atoms with E-state index in [1.54, 1.807) is 55.5 Å². The Morgan fingerprint density at radius 2 is 1.18 bits per heavy atom. The SMILES string of the molecule is CC(Br)C(=O)c1cccc(Cl)c1.CC(C)(C)N.CC(NC(C)(C)C)C(=O)c1cccc(Cl)c1.II.I[I-]I. The Bertz CT molecular complexity index is 934. The van der Waals surface area contributed by atoms with Crippen molar-refractivity contribution in [3.63, 3.8) is 0 Å². The van der Waals surface area contributed by atoms with Crippen molar-refractivity contribution in [3.05, 3.63) is 69.7 Å². The van der Waals surface area contributed by atoms with Crippen LogP contribution < -0.4 is 24.3 Å². The Labute approximate surface area is 301 Å². The summed E-state index contributed by atoms with van der Waals surface area (Å²) in [5.74, 6) is 0.120. The van der Waals surface area contributed by atoms with Crippen LogP contribution in [0.1, 0.15) is 76.1 Å². The molecule has 0 aromatic heterocycles. The van der Waals surface area contributed by atoms with Gasteiger partial charge in [-0.1, -0.05) is 63.4 Å². The second-order valence-corrected chi connectivity index (χ2v) is 28.4. The number of ketones is 2. The van der Waals surface area contributed by atoms with E-state index in [1.165, 1.54) is 0 Å². The third-order valence-corrected chi connectivity index (χ3v) is 4.51. The number of hydrogen-bond donors (Lipinski definition) is 2. The van der Waals surface area contributed by atoms with Crippen molar-refractivity contribution in [2.24, 2.45) is 5.73 Å². The Hall–Kier alpha value is 2.41. The van der Waals surface area contributed by atoms with Crippen LogP contribution in [0.2, 0.25) is 10.0 Å². The first-order valence-electron chi connectivity index (χ1n) is 11.1. The Morgan fingerprint density at radius 3 is 1.45 bits per heavy atom. The first-order valence-corrected chi connectivity index (χ1v) is 31.7. The van der Waals surface area contributed by atoms with Crippen molar-refractivity contribution in [2.75, 3.05) is 0 Å². The standard InChI is InChI=1S/C13H18ClNO.C9H8BrClO.C4H11N.I3.I2/c1-9(15-13(2,3)4)12(16)10-6-5-7-11(14)8-10;1-6(10)9(12)7-3-2-4-8(11)5-7;1-4(2,3)5;1-3-2;1-2/h5-9,15H,1-4H3;2-6H,1H3;5H2,1-3H3;;/q;;;-1;. The number of rotatable bonds is 5. The molecular weight excluding hydrogens is 1160 g/mol. The van der Waals surface area contributed by atoms with Crippen molar-refractivity contribution in [1.29, 1.82) is 0 Å². The average molecular weight is 1190 g/mol. The second-order valence-electron chi connectivity index (χ2n) is 9.90. The van der Waals surface area contributed by atoms with E-state index < -0.39 is 0 Å². The van der Waals surface area contributed by atoms with Crippen LogP contribution in [0.15, 0.2) is 48.5 Å². The maximum atomic E-state index is 12.1. The first-order chi connectivity index (χ1) is 17.3. The fraction of sp³-hybridized carbons (Fsp3) is 0.462. The molecular formula is C26H37BrCl2I5N2O2-. The summed E-state index contributed by atoms with van der Waals surface area (Å²) < 4.78 is 0. The zero-order valence-electron chi connectivity index (χ0n) is 22.7. The predicted molar refractivity (Wildman–Crippen MR) is 202 cm³/mol. The van der Waals surface area contributed by atoms with Gasteiger partial charge in [0.25, 0.3) is 0 Å². The Morgan fingerprint density at radius 1 is 0.868 bits per heavy atom. The molecule has 38 heavy (non-hydrogen) atoms. The van der Waals surface area contributed by atoms with Gasteiger partial charge in [0.15, 0.2) is 11.6 Å². The normalized spacial score (nSPS) is 12.0. The molecule has 0 saturated heterocycles. The van der Waals surface area contributed by atoms with Gasteiger partial charge in [0, 0.05) is 69.5 Å². The number of hydrogen-bond acceptors (Lipinski definition) is 4. The van der Waals surface area contributed by atoms with Crippen LogP contribution in [0.25, 0.3) is 0 Å². The molecule has 0 fully saturated rings. The quantitative estimate of drug-likeness (QED) is 0.182. The van der Waals surface area contributed by atoms with Crippen LogP contribution in [0, 0.1) is 0 Å². The van der Waals surface area contributed by atoms with Crippen LogP contribution in [-0.4, -0.2) is 33.5 Å². The molecule has 3 N–H and O–H groups in total. The molecule has 0 aliphatic heterocycles. The topological polar surface area (TPSA) is 72.2 Å². The minimum absolute atomic E-state index is 0. The Balaban J connectivity index is -0.000000488. The summed E-state index contributed by atoms with van der Waals surface area (Å²) in [6.45, 7) is 15.7. The zero-order valence-corrected chi connectivity index (χ0v) is 36.6. The summed E-state index contributed by atoms with van der Waals surface area (Å²) in [6, 6.07) is 13.8. The fourth-order valence-electron chi connectivity index (χ4n) is 2.48. The average Bonchev–Trinajstić information content (AvgIpc) is 2.78. The van der Waals surface area contributed by atoms with Crippen LogP contribution >= 0.6 is 114 Å². The monoisotopic (exact) mass is 1190 g/mol. The molecule has 2 rings (SSSR count).